The van der Waals surface area contributed by atoms with Crippen LogP contribution in [0.25, 0.3) is 6.08 Å². The summed E-state index contributed by atoms with van der Waals surface area (Å²) >= 11 is 0.905. The normalized spacial score (nSPS) is 19.3. The Morgan fingerprint density at radius 1 is 1.50 bits per heavy atom. The molecule has 2 heterocycles. The number of carbonyl (C=O) groups excluding carboxylic acids is 2. The van der Waals surface area contributed by atoms with Gasteiger partial charge in [0.15, 0.2) is 0 Å². The van der Waals surface area contributed by atoms with E-state index in [9.17, 15) is 9.59 Å². The Kier molecular flexibility index (Phi) is 2.96. The van der Waals surface area contributed by atoms with Crippen LogP contribution in [0.3, 0.4) is 0 Å². The maximum Gasteiger partial charge on any atom is 0.290 e. The molecule has 0 atom stereocenters. The number of furan rings is 1. The van der Waals surface area contributed by atoms with Crippen molar-refractivity contribution in [2.45, 2.75) is 6.92 Å². The van der Waals surface area contributed by atoms with Crippen LogP contribution in [0.2, 0.25) is 0 Å². The van der Waals surface area contributed by atoms with Crippen molar-refractivity contribution in [3.05, 3.63) is 40.7 Å². The average Bonchev–Trinajstić information content (AvgIpc) is 2.78. The number of imide groups is 1. The van der Waals surface area contributed by atoms with E-state index in [2.05, 4.69) is 5.32 Å². The number of allylic oxidation sites excluding steroid dienone is 2. The van der Waals surface area contributed by atoms with Gasteiger partial charge in [-0.2, -0.15) is 0 Å². The third-order valence-electron chi connectivity index (χ3n) is 1.91. The molecule has 0 unspecified atom stereocenters. The molecule has 4 nitrogen and oxygen atoms in total. The number of hydrogen-bond acceptors (Lipinski definition) is 4. The van der Waals surface area contributed by atoms with Crippen LogP contribution < -0.4 is 5.32 Å². The summed E-state index contributed by atoms with van der Waals surface area (Å²) in [7, 11) is 0. The van der Waals surface area contributed by atoms with Gasteiger partial charge in [0, 0.05) is 0 Å². The second-order valence-corrected chi connectivity index (χ2v) is 4.27. The highest BCUT2D eigenvalue weighted by molar-refractivity contribution is 8.18. The summed E-state index contributed by atoms with van der Waals surface area (Å²) < 4.78 is 5.14. The van der Waals surface area contributed by atoms with E-state index >= 15 is 0 Å². The zero-order valence-corrected chi connectivity index (χ0v) is 9.34. The van der Waals surface area contributed by atoms with Crippen LogP contribution in [0.15, 0.2) is 39.4 Å². The fraction of sp³-hybridized carbons (Fsp3) is 0.0909. The monoisotopic (exact) mass is 235 g/mol. The van der Waals surface area contributed by atoms with Crippen LogP contribution >= 0.6 is 11.8 Å². The smallest absolute Gasteiger partial charge is 0.290 e. The van der Waals surface area contributed by atoms with Crippen molar-refractivity contribution in [1.82, 2.24) is 5.32 Å². The van der Waals surface area contributed by atoms with Gasteiger partial charge >= 0.3 is 0 Å². The molecule has 16 heavy (non-hydrogen) atoms. The van der Waals surface area contributed by atoms with E-state index in [1.807, 2.05) is 13.0 Å². The van der Waals surface area contributed by atoms with E-state index in [0.29, 0.717) is 10.7 Å². The summed E-state index contributed by atoms with van der Waals surface area (Å²) in [6.07, 6.45) is 5.03. The van der Waals surface area contributed by atoms with Gasteiger partial charge in [-0.05, 0) is 48.5 Å². The largest absolute Gasteiger partial charge is 0.465 e. The number of amides is 2. The first-order valence-corrected chi connectivity index (χ1v) is 5.43. The van der Waals surface area contributed by atoms with Crippen molar-refractivity contribution in [2.24, 2.45) is 0 Å². The van der Waals surface area contributed by atoms with Crippen molar-refractivity contribution >= 4 is 29.0 Å². The van der Waals surface area contributed by atoms with E-state index in [0.717, 1.165) is 17.3 Å². The molecule has 1 N–H and O–H groups in total. The summed E-state index contributed by atoms with van der Waals surface area (Å²) in [6, 6.07) is 3.60. The molecule has 2 amide bonds. The Morgan fingerprint density at radius 3 is 2.88 bits per heavy atom. The number of rotatable bonds is 2. The highest BCUT2D eigenvalue weighted by Gasteiger charge is 2.24. The van der Waals surface area contributed by atoms with Gasteiger partial charge in [0.25, 0.3) is 11.1 Å². The van der Waals surface area contributed by atoms with Crippen molar-refractivity contribution < 1.29 is 14.0 Å². The van der Waals surface area contributed by atoms with Gasteiger partial charge < -0.3 is 4.42 Å². The van der Waals surface area contributed by atoms with Gasteiger partial charge in [0.1, 0.15) is 5.76 Å². The molecule has 0 spiro atoms. The van der Waals surface area contributed by atoms with Crippen molar-refractivity contribution in [1.29, 1.82) is 0 Å². The molecule has 2 rings (SSSR count). The molecule has 1 fully saturated rings. The number of thioether (sulfide) groups is 1. The lowest BCUT2D eigenvalue weighted by molar-refractivity contribution is -0.115. The highest BCUT2D eigenvalue weighted by Crippen LogP contribution is 2.24. The zero-order valence-electron chi connectivity index (χ0n) is 8.52. The number of nitrogens with one attached hydrogen (secondary N) is 1. The standard InChI is InChI=1S/C11H9NO3S/c1-7(5-8-3-2-4-15-8)6-9-10(13)12-11(14)16-9/h2-6H,1H3,(H,12,13,14)/b7-5+,9-6-. The van der Waals surface area contributed by atoms with E-state index in [1.54, 1.807) is 24.5 Å². The summed E-state index contributed by atoms with van der Waals surface area (Å²) in [5.74, 6) is 0.367. The second-order valence-electron chi connectivity index (χ2n) is 3.26. The van der Waals surface area contributed by atoms with Crippen molar-refractivity contribution in [3.8, 4) is 0 Å². The molecule has 1 aliphatic rings. The Bertz CT molecular complexity index is 485. The minimum absolute atomic E-state index is 0.331. The van der Waals surface area contributed by atoms with Gasteiger partial charge in [0.2, 0.25) is 0 Å². The molecule has 1 aromatic rings. The van der Waals surface area contributed by atoms with E-state index in [4.69, 9.17) is 4.42 Å². The minimum atomic E-state index is -0.345. The fourth-order valence-corrected chi connectivity index (χ4v) is 2.00. The van der Waals surface area contributed by atoms with E-state index < -0.39 is 0 Å². The lowest BCUT2D eigenvalue weighted by Crippen LogP contribution is -2.17. The molecule has 1 aliphatic heterocycles. The Balaban J connectivity index is 2.18. The Labute approximate surface area is 96.4 Å². The maximum absolute atomic E-state index is 11.3. The summed E-state index contributed by atoms with van der Waals surface area (Å²) in [4.78, 5) is 22.6. The molecule has 1 saturated heterocycles. The Morgan fingerprint density at radius 2 is 2.31 bits per heavy atom. The fourth-order valence-electron chi connectivity index (χ4n) is 1.27. The molecule has 0 aromatic carbocycles. The van der Waals surface area contributed by atoms with Crippen molar-refractivity contribution in [2.75, 3.05) is 0 Å². The van der Waals surface area contributed by atoms with Gasteiger partial charge in [-0.1, -0.05) is 0 Å². The lowest BCUT2D eigenvalue weighted by atomic mass is 10.2. The average molecular weight is 235 g/mol. The molecular weight excluding hydrogens is 226 g/mol. The lowest BCUT2D eigenvalue weighted by Gasteiger charge is -1.93. The maximum atomic E-state index is 11.3. The van der Waals surface area contributed by atoms with Crippen LogP contribution in [-0.4, -0.2) is 11.1 Å². The molecule has 0 radical (unpaired) electrons. The van der Waals surface area contributed by atoms with Gasteiger partial charge in [-0.3, -0.25) is 14.9 Å². The van der Waals surface area contributed by atoms with E-state index in [-0.39, 0.29) is 11.1 Å². The van der Waals surface area contributed by atoms with E-state index in [1.165, 1.54) is 0 Å². The summed E-state index contributed by atoms with van der Waals surface area (Å²) in [6.45, 7) is 1.84. The first-order chi connectivity index (χ1) is 7.65. The number of carbonyl (C=O) groups is 2. The second kappa shape index (κ2) is 4.40. The third-order valence-corrected chi connectivity index (χ3v) is 2.72. The highest BCUT2D eigenvalue weighted by atomic mass is 32.2. The SMILES string of the molecule is CC(/C=C1\SC(=O)NC1=O)=C\c1ccco1. The van der Waals surface area contributed by atoms with Gasteiger partial charge in [-0.25, -0.2) is 0 Å². The first-order valence-electron chi connectivity index (χ1n) is 4.62. The summed E-state index contributed by atoms with van der Waals surface area (Å²) in [5.41, 5.74) is 0.849. The predicted octanol–water partition coefficient (Wildman–Crippen LogP) is 2.55. The van der Waals surface area contributed by atoms with Gasteiger partial charge in [0.05, 0.1) is 11.2 Å². The molecule has 82 valence electrons. The molecule has 0 saturated carbocycles. The minimum Gasteiger partial charge on any atom is -0.465 e. The first kappa shape index (κ1) is 10.8. The molecule has 0 aliphatic carbocycles. The topological polar surface area (TPSA) is 59.3 Å². The van der Waals surface area contributed by atoms with Crippen LogP contribution in [0.1, 0.15) is 12.7 Å². The molecule has 0 bridgehead atoms. The third kappa shape index (κ3) is 2.43. The Hall–Kier alpha value is -1.75. The number of hydrogen-bond donors (Lipinski definition) is 1. The molecular formula is C11H9NO3S. The quantitative estimate of drug-likeness (QED) is 0.800. The van der Waals surface area contributed by atoms with Crippen molar-refractivity contribution in [3.63, 3.8) is 0 Å². The summed E-state index contributed by atoms with van der Waals surface area (Å²) in [5, 5.41) is 1.87. The zero-order chi connectivity index (χ0) is 11.5. The van der Waals surface area contributed by atoms with Crippen LogP contribution in [-0.2, 0) is 4.79 Å². The predicted molar refractivity (Wildman–Crippen MR) is 61.6 cm³/mol. The van der Waals surface area contributed by atoms with Crippen LogP contribution in [0.4, 0.5) is 4.79 Å². The van der Waals surface area contributed by atoms with Gasteiger partial charge in [-0.15, -0.1) is 0 Å². The van der Waals surface area contributed by atoms with Crippen LogP contribution in [0, 0.1) is 0 Å². The molecule has 5 heteroatoms. The molecule has 1 aromatic heterocycles. The van der Waals surface area contributed by atoms with Crippen LogP contribution in [0.5, 0.6) is 0 Å².